The number of fused-ring (bicyclic) bond motifs is 1. The van der Waals surface area contributed by atoms with E-state index in [1.807, 2.05) is 6.92 Å². The van der Waals surface area contributed by atoms with Gasteiger partial charge in [0.15, 0.2) is 5.76 Å². The first kappa shape index (κ1) is 21.0. The van der Waals surface area contributed by atoms with E-state index in [0.29, 0.717) is 36.4 Å². The topological polar surface area (TPSA) is 153 Å². The number of anilines is 1. The molecule has 0 saturated heterocycles. The van der Waals surface area contributed by atoms with Crippen molar-refractivity contribution in [3.8, 4) is 0 Å². The predicted octanol–water partition coefficient (Wildman–Crippen LogP) is 3.70. The molecule has 11 heteroatoms. The van der Waals surface area contributed by atoms with Gasteiger partial charge in [0.05, 0.1) is 21.6 Å². The van der Waals surface area contributed by atoms with Crippen LogP contribution in [0.4, 0.5) is 17.1 Å². The Morgan fingerprint density at radius 2 is 2.00 bits per heavy atom. The van der Waals surface area contributed by atoms with Crippen LogP contribution in [0.25, 0.3) is 0 Å². The molecule has 3 rings (SSSR count). The van der Waals surface area contributed by atoms with Crippen molar-refractivity contribution in [1.29, 1.82) is 0 Å². The van der Waals surface area contributed by atoms with Crippen LogP contribution >= 0.6 is 0 Å². The first-order valence-corrected chi connectivity index (χ1v) is 9.49. The minimum atomic E-state index is -0.707. The number of non-ortho nitro benzene ring substituents is 1. The molecule has 11 nitrogen and oxygen atoms in total. The van der Waals surface area contributed by atoms with Crippen molar-refractivity contribution in [1.82, 2.24) is 5.32 Å². The van der Waals surface area contributed by atoms with E-state index in [2.05, 4.69) is 15.8 Å². The number of carbonyl (C=O) groups excluding carboxylic acids is 1. The summed E-state index contributed by atoms with van der Waals surface area (Å²) in [5.74, 6) is 0.602. The summed E-state index contributed by atoms with van der Waals surface area (Å²) in [5, 5.41) is 29.3. The summed E-state index contributed by atoms with van der Waals surface area (Å²) in [6, 6.07) is 3.30. The Labute approximate surface area is 171 Å². The first-order chi connectivity index (χ1) is 14.3. The number of aryl methyl sites for hydroxylation is 1. The maximum Gasteiger partial charge on any atom is 0.301 e. The molecule has 0 unspecified atom stereocenters. The molecule has 0 spiro atoms. The third-order valence-electron chi connectivity index (χ3n) is 4.77. The monoisotopic (exact) mass is 415 g/mol. The Balaban J connectivity index is 1.92. The Morgan fingerprint density at radius 1 is 1.23 bits per heavy atom. The summed E-state index contributed by atoms with van der Waals surface area (Å²) in [6.45, 7) is 4.27. The van der Waals surface area contributed by atoms with Gasteiger partial charge in [-0.05, 0) is 32.3 Å². The number of hydrazone groups is 1. The maximum atomic E-state index is 12.3. The maximum absolute atomic E-state index is 12.3. The normalized spacial score (nSPS) is 14.3. The third kappa shape index (κ3) is 4.14. The molecule has 0 saturated carbocycles. The van der Waals surface area contributed by atoms with Crippen molar-refractivity contribution in [2.24, 2.45) is 5.10 Å². The van der Waals surface area contributed by atoms with Crippen LogP contribution in [0.5, 0.6) is 0 Å². The highest BCUT2D eigenvalue weighted by Crippen LogP contribution is 2.32. The minimum absolute atomic E-state index is 0.0345. The molecule has 0 radical (unpaired) electrons. The molecule has 0 fully saturated rings. The van der Waals surface area contributed by atoms with Gasteiger partial charge in [-0.15, -0.1) is 0 Å². The highest BCUT2D eigenvalue weighted by Gasteiger charge is 2.28. The second-order valence-corrected chi connectivity index (χ2v) is 6.85. The van der Waals surface area contributed by atoms with E-state index >= 15 is 0 Å². The fourth-order valence-electron chi connectivity index (χ4n) is 3.32. The van der Waals surface area contributed by atoms with Crippen molar-refractivity contribution in [3.05, 3.63) is 61.1 Å². The van der Waals surface area contributed by atoms with Gasteiger partial charge in [-0.3, -0.25) is 30.4 Å². The molecule has 1 aromatic carbocycles. The number of nitro groups is 2. The predicted molar refractivity (Wildman–Crippen MR) is 109 cm³/mol. The zero-order chi connectivity index (χ0) is 21.8. The van der Waals surface area contributed by atoms with E-state index in [4.69, 9.17) is 4.42 Å². The molecular weight excluding hydrogens is 394 g/mol. The summed E-state index contributed by atoms with van der Waals surface area (Å²) in [6.07, 6.45) is 2.81. The second kappa shape index (κ2) is 8.72. The zero-order valence-corrected chi connectivity index (χ0v) is 16.6. The summed E-state index contributed by atoms with van der Waals surface area (Å²) in [7, 11) is 0. The van der Waals surface area contributed by atoms with Gasteiger partial charge >= 0.3 is 5.69 Å². The molecule has 1 aromatic heterocycles. The van der Waals surface area contributed by atoms with Crippen LogP contribution in [0.3, 0.4) is 0 Å². The smallest absolute Gasteiger partial charge is 0.301 e. The molecule has 0 atom stereocenters. The molecule has 1 heterocycles. The van der Waals surface area contributed by atoms with E-state index in [9.17, 15) is 25.0 Å². The van der Waals surface area contributed by atoms with Gasteiger partial charge in [-0.25, -0.2) is 0 Å². The average molecular weight is 415 g/mol. The van der Waals surface area contributed by atoms with Gasteiger partial charge < -0.3 is 9.73 Å². The fourth-order valence-corrected chi connectivity index (χ4v) is 3.32. The van der Waals surface area contributed by atoms with Crippen molar-refractivity contribution in [3.63, 3.8) is 0 Å². The Bertz CT molecular complexity index is 1040. The number of amides is 1. The van der Waals surface area contributed by atoms with Gasteiger partial charge in [-0.1, -0.05) is 6.92 Å². The number of carbonyl (C=O) groups is 1. The number of nitrogens with zero attached hydrogens (tertiary/aromatic N) is 3. The lowest BCUT2D eigenvalue weighted by molar-refractivity contribution is -0.393. The number of furan rings is 1. The number of hydrogen-bond donors (Lipinski definition) is 2. The SMILES string of the molecule is CCCNC(=O)c1oc2c(c1C)/C(=N/Nc1ccc([N+](=O)[O-])cc1[N+](=O)[O-])CCC2. The van der Waals surface area contributed by atoms with Crippen LogP contribution < -0.4 is 10.7 Å². The molecule has 1 aliphatic carbocycles. The number of benzene rings is 1. The largest absolute Gasteiger partial charge is 0.455 e. The van der Waals surface area contributed by atoms with E-state index in [1.165, 1.54) is 12.1 Å². The van der Waals surface area contributed by atoms with E-state index in [1.54, 1.807) is 6.92 Å². The van der Waals surface area contributed by atoms with E-state index in [-0.39, 0.29) is 23.0 Å². The minimum Gasteiger partial charge on any atom is -0.455 e. The van der Waals surface area contributed by atoms with Crippen LogP contribution in [-0.4, -0.2) is 28.0 Å². The van der Waals surface area contributed by atoms with Gasteiger partial charge in [-0.2, -0.15) is 5.10 Å². The van der Waals surface area contributed by atoms with Crippen LogP contribution in [0, 0.1) is 27.2 Å². The Hall–Kier alpha value is -3.76. The van der Waals surface area contributed by atoms with Gasteiger partial charge in [0.2, 0.25) is 0 Å². The van der Waals surface area contributed by atoms with Gasteiger partial charge in [0.25, 0.3) is 11.6 Å². The van der Waals surface area contributed by atoms with Crippen molar-refractivity contribution < 1.29 is 19.1 Å². The lowest BCUT2D eigenvalue weighted by atomic mass is 9.93. The lowest BCUT2D eigenvalue weighted by Gasteiger charge is -2.13. The van der Waals surface area contributed by atoms with Crippen molar-refractivity contribution >= 4 is 28.7 Å². The highest BCUT2D eigenvalue weighted by molar-refractivity contribution is 6.06. The molecule has 1 aliphatic rings. The van der Waals surface area contributed by atoms with Crippen LogP contribution in [0.15, 0.2) is 27.7 Å². The number of nitrogens with one attached hydrogen (secondary N) is 2. The Morgan fingerprint density at radius 3 is 2.67 bits per heavy atom. The molecule has 158 valence electrons. The van der Waals surface area contributed by atoms with Gasteiger partial charge in [0.1, 0.15) is 11.4 Å². The third-order valence-corrected chi connectivity index (χ3v) is 4.77. The number of hydrogen-bond acceptors (Lipinski definition) is 8. The lowest BCUT2D eigenvalue weighted by Crippen LogP contribution is -2.24. The standard InChI is InChI=1S/C19H21N5O6/c1-3-9-20-19(25)18-11(2)17-14(5-4-6-16(17)30-18)22-21-13-8-7-12(23(26)27)10-15(13)24(28)29/h7-8,10,21H,3-6,9H2,1-2H3,(H,20,25)/b22-14+. The summed E-state index contributed by atoms with van der Waals surface area (Å²) >= 11 is 0. The number of nitro benzene ring substituents is 2. The van der Waals surface area contributed by atoms with Crippen molar-refractivity contribution in [2.45, 2.75) is 39.5 Å². The van der Waals surface area contributed by atoms with E-state index in [0.717, 1.165) is 24.5 Å². The molecule has 0 aliphatic heterocycles. The molecule has 30 heavy (non-hydrogen) atoms. The van der Waals surface area contributed by atoms with Crippen LogP contribution in [-0.2, 0) is 6.42 Å². The quantitative estimate of drug-likeness (QED) is 0.516. The molecule has 2 aromatic rings. The summed E-state index contributed by atoms with van der Waals surface area (Å²) < 4.78 is 5.78. The fraction of sp³-hybridized carbons (Fsp3) is 0.368. The molecule has 1 amide bonds. The zero-order valence-electron chi connectivity index (χ0n) is 16.6. The average Bonchev–Trinajstić information content (AvgIpc) is 3.07. The molecular formula is C19H21N5O6. The Kier molecular flexibility index (Phi) is 6.09. The second-order valence-electron chi connectivity index (χ2n) is 6.85. The summed E-state index contributed by atoms with van der Waals surface area (Å²) in [5.41, 5.74) is 3.85. The molecule has 0 bridgehead atoms. The highest BCUT2D eigenvalue weighted by atomic mass is 16.6. The summed E-state index contributed by atoms with van der Waals surface area (Å²) in [4.78, 5) is 33.1. The molecule has 2 N–H and O–H groups in total. The van der Waals surface area contributed by atoms with Crippen LogP contribution in [0.1, 0.15) is 53.6 Å². The van der Waals surface area contributed by atoms with Crippen LogP contribution in [0.2, 0.25) is 0 Å². The van der Waals surface area contributed by atoms with Crippen molar-refractivity contribution in [2.75, 3.05) is 12.0 Å². The van der Waals surface area contributed by atoms with Gasteiger partial charge in [0, 0.05) is 30.2 Å². The number of rotatable bonds is 7. The van der Waals surface area contributed by atoms with E-state index < -0.39 is 15.5 Å². The first-order valence-electron chi connectivity index (χ1n) is 9.49.